The summed E-state index contributed by atoms with van der Waals surface area (Å²) in [5, 5.41) is 9.19. The molecule has 2 aromatic carbocycles. The summed E-state index contributed by atoms with van der Waals surface area (Å²) in [6, 6.07) is 19.1. The van der Waals surface area contributed by atoms with E-state index in [-0.39, 0.29) is 5.91 Å². The summed E-state index contributed by atoms with van der Waals surface area (Å²) in [5.74, 6) is 1.67. The standard InChI is InChI=1S/C26H25N5O/c27-17-19-8-7-11-21(16-19)26(32)31-15-12-23-22(18-31)25(30-13-5-2-6-14-30)29-24(28-23)20-9-3-1-4-10-20/h1,3-4,7-11,16H,2,5-6,12-15,18H2. The number of benzene rings is 2. The van der Waals surface area contributed by atoms with Crippen LogP contribution < -0.4 is 4.90 Å². The van der Waals surface area contributed by atoms with Gasteiger partial charge in [-0.1, -0.05) is 36.4 Å². The molecule has 1 aromatic heterocycles. The minimum atomic E-state index is -0.0514. The number of amides is 1. The topological polar surface area (TPSA) is 73.1 Å². The first-order valence-electron chi connectivity index (χ1n) is 11.2. The van der Waals surface area contributed by atoms with Crippen molar-refractivity contribution < 1.29 is 4.79 Å². The van der Waals surface area contributed by atoms with Crippen molar-refractivity contribution in [3.63, 3.8) is 0 Å². The van der Waals surface area contributed by atoms with Gasteiger partial charge in [-0.05, 0) is 37.5 Å². The maximum atomic E-state index is 13.2. The van der Waals surface area contributed by atoms with Crippen molar-refractivity contribution in [3.8, 4) is 17.5 Å². The molecule has 2 aliphatic heterocycles. The molecule has 1 fully saturated rings. The molecule has 2 aliphatic rings. The fraction of sp³-hybridized carbons (Fsp3) is 0.308. The van der Waals surface area contributed by atoms with Crippen molar-refractivity contribution in [1.82, 2.24) is 14.9 Å². The number of anilines is 1. The Kier molecular flexibility index (Phi) is 5.55. The van der Waals surface area contributed by atoms with Gasteiger partial charge in [-0.15, -0.1) is 0 Å². The molecule has 3 aromatic rings. The Labute approximate surface area is 188 Å². The minimum Gasteiger partial charge on any atom is -0.356 e. The zero-order valence-corrected chi connectivity index (χ0v) is 18.0. The van der Waals surface area contributed by atoms with Crippen molar-refractivity contribution in [3.05, 3.63) is 77.0 Å². The van der Waals surface area contributed by atoms with E-state index in [2.05, 4.69) is 11.0 Å². The van der Waals surface area contributed by atoms with E-state index in [4.69, 9.17) is 9.97 Å². The highest BCUT2D eigenvalue weighted by Gasteiger charge is 2.29. The van der Waals surface area contributed by atoms with Crippen LogP contribution in [-0.4, -0.2) is 40.4 Å². The molecular formula is C26H25N5O. The molecule has 0 radical (unpaired) electrons. The van der Waals surface area contributed by atoms with Crippen LogP contribution in [0.3, 0.4) is 0 Å². The Hall–Kier alpha value is -3.72. The maximum absolute atomic E-state index is 13.2. The molecule has 6 nitrogen and oxygen atoms in total. The first-order valence-corrected chi connectivity index (χ1v) is 11.2. The molecule has 0 N–H and O–H groups in total. The number of hydrogen-bond acceptors (Lipinski definition) is 5. The van der Waals surface area contributed by atoms with Crippen molar-refractivity contribution in [2.45, 2.75) is 32.2 Å². The third kappa shape index (κ3) is 3.94. The van der Waals surface area contributed by atoms with Crippen LogP contribution in [0, 0.1) is 11.3 Å². The van der Waals surface area contributed by atoms with Crippen molar-refractivity contribution in [2.24, 2.45) is 0 Å². The first kappa shape index (κ1) is 20.2. The molecule has 0 aliphatic carbocycles. The van der Waals surface area contributed by atoms with Gasteiger partial charge < -0.3 is 9.80 Å². The van der Waals surface area contributed by atoms with Crippen molar-refractivity contribution in [1.29, 1.82) is 5.26 Å². The fourth-order valence-corrected chi connectivity index (χ4v) is 4.56. The molecule has 1 saturated heterocycles. The van der Waals surface area contributed by atoms with E-state index in [1.807, 2.05) is 35.2 Å². The summed E-state index contributed by atoms with van der Waals surface area (Å²) in [7, 11) is 0. The quantitative estimate of drug-likeness (QED) is 0.631. The number of aromatic nitrogens is 2. The monoisotopic (exact) mass is 423 g/mol. The second-order valence-electron chi connectivity index (χ2n) is 8.38. The molecule has 0 unspecified atom stereocenters. The van der Waals surface area contributed by atoms with Crippen LogP contribution in [0.2, 0.25) is 0 Å². The molecule has 5 rings (SSSR count). The van der Waals surface area contributed by atoms with Gasteiger partial charge in [-0.2, -0.15) is 5.26 Å². The molecule has 160 valence electrons. The lowest BCUT2D eigenvalue weighted by atomic mass is 10.0. The van der Waals surface area contributed by atoms with Crippen LogP contribution >= 0.6 is 0 Å². The van der Waals surface area contributed by atoms with Gasteiger partial charge in [0.1, 0.15) is 5.82 Å². The summed E-state index contributed by atoms with van der Waals surface area (Å²) in [5.41, 5.74) is 4.16. The summed E-state index contributed by atoms with van der Waals surface area (Å²) < 4.78 is 0. The molecule has 0 spiro atoms. The smallest absolute Gasteiger partial charge is 0.254 e. The number of carbonyl (C=O) groups excluding carboxylic acids is 1. The zero-order valence-electron chi connectivity index (χ0n) is 18.0. The van der Waals surface area contributed by atoms with Crippen molar-refractivity contribution in [2.75, 3.05) is 24.5 Å². The van der Waals surface area contributed by atoms with Crippen LogP contribution in [-0.2, 0) is 13.0 Å². The Bertz CT molecular complexity index is 1180. The highest BCUT2D eigenvalue weighted by atomic mass is 16.2. The predicted molar refractivity (Wildman–Crippen MR) is 123 cm³/mol. The lowest BCUT2D eigenvalue weighted by Crippen LogP contribution is -2.39. The number of hydrogen-bond donors (Lipinski definition) is 0. The molecule has 0 saturated carbocycles. The normalized spacial score (nSPS) is 15.7. The van der Waals surface area contributed by atoms with E-state index in [0.29, 0.717) is 30.6 Å². The molecule has 1 amide bonds. The van der Waals surface area contributed by atoms with Gasteiger partial charge >= 0.3 is 0 Å². The largest absolute Gasteiger partial charge is 0.356 e. The van der Waals surface area contributed by atoms with Gasteiger partial charge in [-0.25, -0.2) is 9.97 Å². The Morgan fingerprint density at radius 3 is 2.53 bits per heavy atom. The van der Waals surface area contributed by atoms with Gasteiger partial charge in [0.25, 0.3) is 5.91 Å². The van der Waals surface area contributed by atoms with E-state index in [1.165, 1.54) is 6.42 Å². The summed E-state index contributed by atoms with van der Waals surface area (Å²) in [6.45, 7) is 3.06. The number of rotatable bonds is 3. The lowest BCUT2D eigenvalue weighted by Gasteiger charge is -2.34. The van der Waals surface area contributed by atoms with Gasteiger partial charge in [0, 0.05) is 42.7 Å². The van der Waals surface area contributed by atoms with Gasteiger partial charge in [-0.3, -0.25) is 4.79 Å². The third-order valence-corrected chi connectivity index (χ3v) is 6.25. The third-order valence-electron chi connectivity index (χ3n) is 6.25. The molecule has 3 heterocycles. The summed E-state index contributed by atoms with van der Waals surface area (Å²) in [6.07, 6.45) is 4.25. The number of piperidine rings is 1. The van der Waals surface area contributed by atoms with Gasteiger partial charge in [0.05, 0.1) is 23.9 Å². The molecule has 0 atom stereocenters. The van der Waals surface area contributed by atoms with Crippen LogP contribution in [0.4, 0.5) is 5.82 Å². The van der Waals surface area contributed by atoms with Crippen molar-refractivity contribution >= 4 is 11.7 Å². The van der Waals surface area contributed by atoms with E-state index in [1.54, 1.807) is 24.3 Å². The molecular weight excluding hydrogens is 398 g/mol. The van der Waals surface area contributed by atoms with E-state index < -0.39 is 0 Å². The molecule has 0 bridgehead atoms. The highest BCUT2D eigenvalue weighted by molar-refractivity contribution is 5.94. The van der Waals surface area contributed by atoms with E-state index >= 15 is 0 Å². The Morgan fingerprint density at radius 1 is 0.938 bits per heavy atom. The summed E-state index contributed by atoms with van der Waals surface area (Å²) in [4.78, 5) is 27.4. The second kappa shape index (κ2) is 8.80. The molecule has 6 heteroatoms. The number of fused-ring (bicyclic) bond motifs is 1. The predicted octanol–water partition coefficient (Wildman–Crippen LogP) is 4.20. The summed E-state index contributed by atoms with van der Waals surface area (Å²) >= 11 is 0. The van der Waals surface area contributed by atoms with Gasteiger partial charge in [0.15, 0.2) is 5.82 Å². The lowest BCUT2D eigenvalue weighted by molar-refractivity contribution is 0.0733. The van der Waals surface area contributed by atoms with Gasteiger partial charge in [0.2, 0.25) is 0 Å². The SMILES string of the molecule is N#Cc1cccc(C(=O)N2CCc3nc(-c4ccccc4)nc(N4CCCCC4)c3C2)c1. The number of carbonyl (C=O) groups is 1. The number of nitriles is 1. The first-order chi connectivity index (χ1) is 15.7. The Balaban J connectivity index is 1.51. The second-order valence-corrected chi connectivity index (χ2v) is 8.38. The average molecular weight is 424 g/mol. The average Bonchev–Trinajstić information content (AvgIpc) is 2.88. The highest BCUT2D eigenvalue weighted by Crippen LogP contribution is 2.31. The maximum Gasteiger partial charge on any atom is 0.254 e. The van der Waals surface area contributed by atoms with Crippen LogP contribution in [0.5, 0.6) is 0 Å². The van der Waals surface area contributed by atoms with Crippen LogP contribution in [0.15, 0.2) is 54.6 Å². The molecule has 32 heavy (non-hydrogen) atoms. The zero-order chi connectivity index (χ0) is 21.9. The van der Waals surface area contributed by atoms with Crippen LogP contribution in [0.25, 0.3) is 11.4 Å². The van der Waals surface area contributed by atoms with E-state index in [0.717, 1.165) is 54.4 Å². The fourth-order valence-electron chi connectivity index (χ4n) is 4.56. The minimum absolute atomic E-state index is 0.0514. The number of nitrogens with zero attached hydrogens (tertiary/aromatic N) is 5. The van der Waals surface area contributed by atoms with E-state index in [9.17, 15) is 10.1 Å². The van der Waals surface area contributed by atoms with Crippen LogP contribution in [0.1, 0.15) is 46.4 Å². The Morgan fingerprint density at radius 2 is 1.75 bits per heavy atom.